The summed E-state index contributed by atoms with van der Waals surface area (Å²) in [6, 6.07) is 7.79. The molecule has 0 heterocycles. The van der Waals surface area contributed by atoms with Gasteiger partial charge >= 0.3 is 0 Å². The van der Waals surface area contributed by atoms with Gasteiger partial charge in [-0.3, -0.25) is 0 Å². The van der Waals surface area contributed by atoms with Gasteiger partial charge in [0.05, 0.1) is 0 Å². The number of hydrogen-bond donors (Lipinski definition) is 1. The van der Waals surface area contributed by atoms with Crippen molar-refractivity contribution in [2.75, 3.05) is 13.7 Å². The van der Waals surface area contributed by atoms with Gasteiger partial charge in [0.2, 0.25) is 0 Å². The van der Waals surface area contributed by atoms with Crippen molar-refractivity contribution < 1.29 is 4.74 Å². The molecule has 1 unspecified atom stereocenters. The van der Waals surface area contributed by atoms with Crippen LogP contribution in [0, 0.1) is 0 Å². The van der Waals surface area contributed by atoms with Gasteiger partial charge in [0, 0.05) is 11.1 Å². The Morgan fingerprint density at radius 3 is 3.00 bits per heavy atom. The normalized spacial score (nSPS) is 12.1. The third-order valence-electron chi connectivity index (χ3n) is 2.37. The fraction of sp³-hybridized carbons (Fsp3) is 0.385. The second-order valence-corrected chi connectivity index (χ2v) is 4.06. The lowest BCUT2D eigenvalue weighted by atomic mass is 10.2. The van der Waals surface area contributed by atoms with Gasteiger partial charge in [-0.05, 0) is 38.1 Å². The van der Waals surface area contributed by atoms with E-state index >= 15 is 0 Å². The van der Waals surface area contributed by atoms with E-state index in [-0.39, 0.29) is 0 Å². The van der Waals surface area contributed by atoms with Crippen molar-refractivity contribution >= 4 is 11.6 Å². The fourth-order valence-corrected chi connectivity index (χ4v) is 1.56. The lowest BCUT2D eigenvalue weighted by molar-refractivity contribution is 0.264. The van der Waals surface area contributed by atoms with E-state index in [1.165, 1.54) is 0 Å². The second-order valence-electron chi connectivity index (χ2n) is 3.62. The predicted octanol–water partition coefficient (Wildman–Crippen LogP) is 3.27. The van der Waals surface area contributed by atoms with Gasteiger partial charge in [-0.15, -0.1) is 6.58 Å². The van der Waals surface area contributed by atoms with Crippen LogP contribution < -0.4 is 10.1 Å². The molecule has 1 aromatic carbocycles. The van der Waals surface area contributed by atoms with Crippen LogP contribution in [-0.4, -0.2) is 19.7 Å². The summed E-state index contributed by atoms with van der Waals surface area (Å²) in [6.45, 7) is 4.35. The molecule has 0 spiro atoms. The molecule has 0 aromatic heterocycles. The van der Waals surface area contributed by atoms with Crippen molar-refractivity contribution in [3.63, 3.8) is 0 Å². The first-order chi connectivity index (χ1) is 7.76. The van der Waals surface area contributed by atoms with Crippen molar-refractivity contribution in [2.45, 2.75) is 18.9 Å². The maximum atomic E-state index is 5.87. The van der Waals surface area contributed by atoms with Crippen LogP contribution in [0.1, 0.15) is 12.8 Å². The van der Waals surface area contributed by atoms with Gasteiger partial charge in [-0.25, -0.2) is 0 Å². The van der Waals surface area contributed by atoms with Gasteiger partial charge in [-0.1, -0.05) is 23.7 Å². The van der Waals surface area contributed by atoms with Crippen molar-refractivity contribution in [3.05, 3.63) is 41.9 Å². The first kappa shape index (κ1) is 13.1. The number of ether oxygens (including phenoxy) is 1. The molecule has 88 valence electrons. The minimum atomic E-state index is 0.344. The van der Waals surface area contributed by atoms with E-state index < -0.39 is 0 Å². The van der Waals surface area contributed by atoms with Crippen molar-refractivity contribution in [1.29, 1.82) is 0 Å². The molecule has 1 atom stereocenters. The number of benzene rings is 1. The third kappa shape index (κ3) is 4.69. The molecule has 1 rings (SSSR count). The Kier molecular flexibility index (Phi) is 5.98. The zero-order chi connectivity index (χ0) is 11.8. The summed E-state index contributed by atoms with van der Waals surface area (Å²) in [7, 11) is 1.94. The SMILES string of the molecule is C=CCCC(COc1cccc(Cl)c1)NC. The highest BCUT2D eigenvalue weighted by molar-refractivity contribution is 6.30. The summed E-state index contributed by atoms with van der Waals surface area (Å²) in [5, 5.41) is 3.91. The molecule has 16 heavy (non-hydrogen) atoms. The standard InChI is InChI=1S/C13H18ClNO/c1-3-4-7-12(15-2)10-16-13-8-5-6-11(14)9-13/h3,5-6,8-9,12,15H,1,4,7,10H2,2H3. The van der Waals surface area contributed by atoms with E-state index in [4.69, 9.17) is 16.3 Å². The molecule has 0 fully saturated rings. The summed E-state index contributed by atoms with van der Waals surface area (Å²) in [5.41, 5.74) is 0. The molecule has 0 aliphatic heterocycles. The topological polar surface area (TPSA) is 21.3 Å². The highest BCUT2D eigenvalue weighted by atomic mass is 35.5. The molecule has 0 aliphatic carbocycles. The number of nitrogens with one attached hydrogen (secondary N) is 1. The smallest absolute Gasteiger partial charge is 0.120 e. The third-order valence-corrected chi connectivity index (χ3v) is 2.61. The molecule has 0 saturated heterocycles. The minimum Gasteiger partial charge on any atom is -0.492 e. The van der Waals surface area contributed by atoms with E-state index in [0.29, 0.717) is 17.7 Å². The van der Waals surface area contributed by atoms with Crippen LogP contribution in [0.2, 0.25) is 5.02 Å². The Morgan fingerprint density at radius 1 is 1.56 bits per heavy atom. The van der Waals surface area contributed by atoms with Gasteiger partial charge in [0.25, 0.3) is 0 Å². The molecule has 2 nitrogen and oxygen atoms in total. The number of rotatable bonds is 7. The Morgan fingerprint density at radius 2 is 2.38 bits per heavy atom. The molecule has 0 saturated carbocycles. The highest BCUT2D eigenvalue weighted by Crippen LogP contribution is 2.17. The zero-order valence-corrected chi connectivity index (χ0v) is 10.3. The first-order valence-electron chi connectivity index (χ1n) is 5.42. The van der Waals surface area contributed by atoms with E-state index in [1.54, 1.807) is 0 Å². The van der Waals surface area contributed by atoms with Crippen LogP contribution in [0.15, 0.2) is 36.9 Å². The number of allylic oxidation sites excluding steroid dienone is 1. The molecule has 0 radical (unpaired) electrons. The second kappa shape index (κ2) is 7.31. The quantitative estimate of drug-likeness (QED) is 0.738. The maximum Gasteiger partial charge on any atom is 0.120 e. The van der Waals surface area contributed by atoms with Gasteiger partial charge in [0.15, 0.2) is 0 Å². The average molecular weight is 240 g/mol. The summed E-state index contributed by atoms with van der Waals surface area (Å²) in [4.78, 5) is 0. The summed E-state index contributed by atoms with van der Waals surface area (Å²) < 4.78 is 5.66. The van der Waals surface area contributed by atoms with Crippen molar-refractivity contribution in [1.82, 2.24) is 5.32 Å². The molecule has 0 aliphatic rings. The van der Waals surface area contributed by atoms with Crippen molar-refractivity contribution in [2.24, 2.45) is 0 Å². The Bertz CT molecular complexity index is 327. The lowest BCUT2D eigenvalue weighted by Crippen LogP contribution is -2.31. The van der Waals surface area contributed by atoms with Crippen LogP contribution in [0.3, 0.4) is 0 Å². The van der Waals surface area contributed by atoms with Crippen molar-refractivity contribution in [3.8, 4) is 5.75 Å². The summed E-state index contributed by atoms with van der Waals surface area (Å²) in [5.74, 6) is 0.811. The summed E-state index contributed by atoms with van der Waals surface area (Å²) in [6.07, 6.45) is 3.94. The molecule has 1 aromatic rings. The van der Waals surface area contributed by atoms with Gasteiger partial charge < -0.3 is 10.1 Å². The van der Waals surface area contributed by atoms with Gasteiger partial charge in [-0.2, -0.15) is 0 Å². The molecular weight excluding hydrogens is 222 g/mol. The molecule has 0 bridgehead atoms. The first-order valence-corrected chi connectivity index (χ1v) is 5.80. The van der Waals surface area contributed by atoms with E-state index in [0.717, 1.165) is 18.6 Å². The molecular formula is C13H18ClNO. The molecule has 1 N–H and O–H groups in total. The Labute approximate surface area is 102 Å². The monoisotopic (exact) mass is 239 g/mol. The minimum absolute atomic E-state index is 0.344. The van der Waals surface area contributed by atoms with Crippen LogP contribution >= 0.6 is 11.6 Å². The number of hydrogen-bond acceptors (Lipinski definition) is 2. The molecule has 3 heteroatoms. The van der Waals surface area contributed by atoms with Crippen LogP contribution in [0.5, 0.6) is 5.75 Å². The van der Waals surface area contributed by atoms with Crippen LogP contribution in [0.25, 0.3) is 0 Å². The van der Waals surface area contributed by atoms with E-state index in [2.05, 4.69) is 11.9 Å². The number of halogens is 1. The molecule has 0 amide bonds. The zero-order valence-electron chi connectivity index (χ0n) is 9.58. The van der Waals surface area contributed by atoms with E-state index in [1.807, 2.05) is 37.4 Å². The van der Waals surface area contributed by atoms with Crippen LogP contribution in [0.4, 0.5) is 0 Å². The average Bonchev–Trinajstić information content (AvgIpc) is 2.29. The summed E-state index contributed by atoms with van der Waals surface area (Å²) >= 11 is 5.87. The maximum absolute atomic E-state index is 5.87. The predicted molar refractivity (Wildman–Crippen MR) is 69.2 cm³/mol. The fourth-order valence-electron chi connectivity index (χ4n) is 1.38. The Hall–Kier alpha value is -0.990. The van der Waals surface area contributed by atoms with Crippen LogP contribution in [-0.2, 0) is 0 Å². The highest BCUT2D eigenvalue weighted by Gasteiger charge is 2.05. The lowest BCUT2D eigenvalue weighted by Gasteiger charge is -2.16. The largest absolute Gasteiger partial charge is 0.492 e. The van der Waals surface area contributed by atoms with Gasteiger partial charge in [0.1, 0.15) is 12.4 Å². The Balaban J connectivity index is 2.39. The van der Waals surface area contributed by atoms with E-state index in [9.17, 15) is 0 Å². The number of likely N-dealkylation sites (N-methyl/N-ethyl adjacent to an activating group) is 1.